The van der Waals surface area contributed by atoms with Crippen LogP contribution in [-0.2, 0) is 14.3 Å². The normalized spacial score (nSPS) is 32.5. The van der Waals surface area contributed by atoms with Crippen molar-refractivity contribution >= 4 is 23.3 Å². The smallest absolute Gasteiger partial charge is 0.379 e. The van der Waals surface area contributed by atoms with Crippen molar-refractivity contribution in [3.05, 3.63) is 0 Å². The van der Waals surface area contributed by atoms with Crippen LogP contribution in [0.3, 0.4) is 0 Å². The number of carbonyl (C=O) groups excluding carboxylic acids is 2. The summed E-state index contributed by atoms with van der Waals surface area (Å²) < 4.78 is 79.1. The number of hydrogen-bond donors (Lipinski definition) is 2. The van der Waals surface area contributed by atoms with Crippen LogP contribution < -0.4 is 5.32 Å². The zero-order chi connectivity index (χ0) is 18.2. The monoisotopic (exact) mass is 371 g/mol. The van der Waals surface area contributed by atoms with E-state index in [-0.39, 0.29) is 0 Å². The number of halogens is 7. The van der Waals surface area contributed by atoms with Gasteiger partial charge >= 0.3 is 18.3 Å². The standard InChI is InChI=1S/C11H12ClF6NO4/c1-4-9(22,7(20)10(13,14)15)5(2-6(12)23-4)3-19-8(21)11(16,17)18/h4-6,22H,2-3H2,1H3,(H,19,21)/t4-,5-,6+,9-/m0/s1. The van der Waals surface area contributed by atoms with Gasteiger partial charge in [0.1, 0.15) is 5.56 Å². The van der Waals surface area contributed by atoms with Gasteiger partial charge in [-0.25, -0.2) is 0 Å². The summed E-state index contributed by atoms with van der Waals surface area (Å²) in [6.45, 7) is -0.107. The lowest BCUT2D eigenvalue weighted by molar-refractivity contribution is -0.225. The molecular weight excluding hydrogens is 360 g/mol. The molecule has 1 aliphatic rings. The molecule has 1 fully saturated rings. The summed E-state index contributed by atoms with van der Waals surface area (Å²) in [7, 11) is 0. The Morgan fingerprint density at radius 2 is 1.78 bits per heavy atom. The van der Waals surface area contributed by atoms with Crippen LogP contribution in [0.5, 0.6) is 0 Å². The summed E-state index contributed by atoms with van der Waals surface area (Å²) in [6, 6.07) is 0. The maximum absolute atomic E-state index is 12.6. The third kappa shape index (κ3) is 4.27. The van der Waals surface area contributed by atoms with Gasteiger partial charge in [-0.05, 0) is 13.3 Å². The van der Waals surface area contributed by atoms with Crippen LogP contribution in [0.15, 0.2) is 0 Å². The summed E-state index contributed by atoms with van der Waals surface area (Å²) in [5, 5.41) is 11.5. The number of ketones is 1. The number of rotatable bonds is 3. The van der Waals surface area contributed by atoms with Gasteiger partial charge in [0, 0.05) is 12.5 Å². The van der Waals surface area contributed by atoms with Crippen LogP contribution in [0, 0.1) is 5.92 Å². The molecule has 1 aliphatic heterocycles. The molecule has 0 aromatic heterocycles. The number of alkyl halides is 7. The second-order valence-corrected chi connectivity index (χ2v) is 5.47. The molecule has 12 heteroatoms. The van der Waals surface area contributed by atoms with Gasteiger partial charge in [-0.1, -0.05) is 11.6 Å². The Kier molecular flexibility index (Phi) is 5.59. The quantitative estimate of drug-likeness (QED) is 0.582. The first-order chi connectivity index (χ1) is 10.2. The zero-order valence-corrected chi connectivity index (χ0v) is 12.2. The van der Waals surface area contributed by atoms with E-state index in [1.54, 1.807) is 0 Å². The van der Waals surface area contributed by atoms with Crippen LogP contribution in [0.2, 0.25) is 0 Å². The van der Waals surface area contributed by atoms with Crippen LogP contribution in [-0.4, -0.2) is 53.0 Å². The number of amides is 1. The SMILES string of the molecule is C[C@@H]1O[C@@H](Cl)C[C@@H](CNC(=O)C(F)(F)F)[C@]1(O)C(=O)C(F)(F)F. The van der Waals surface area contributed by atoms with Crippen molar-refractivity contribution in [2.24, 2.45) is 5.92 Å². The van der Waals surface area contributed by atoms with Gasteiger partial charge in [-0.15, -0.1) is 0 Å². The molecule has 23 heavy (non-hydrogen) atoms. The Bertz CT molecular complexity index is 482. The summed E-state index contributed by atoms with van der Waals surface area (Å²) in [6.07, 6.45) is -13.0. The zero-order valence-electron chi connectivity index (χ0n) is 11.5. The Morgan fingerprint density at radius 1 is 1.26 bits per heavy atom. The fraction of sp³-hybridized carbons (Fsp3) is 0.818. The number of hydrogen-bond acceptors (Lipinski definition) is 4. The second kappa shape index (κ2) is 6.44. The highest BCUT2D eigenvalue weighted by atomic mass is 35.5. The highest BCUT2D eigenvalue weighted by molar-refractivity contribution is 6.19. The van der Waals surface area contributed by atoms with E-state index in [9.17, 15) is 41.0 Å². The van der Waals surface area contributed by atoms with Crippen molar-refractivity contribution in [2.45, 2.75) is 43.0 Å². The van der Waals surface area contributed by atoms with Crippen LogP contribution in [0.25, 0.3) is 0 Å². The molecule has 1 saturated heterocycles. The van der Waals surface area contributed by atoms with E-state index in [0.29, 0.717) is 0 Å². The van der Waals surface area contributed by atoms with Gasteiger partial charge < -0.3 is 15.2 Å². The fourth-order valence-corrected chi connectivity index (χ4v) is 2.64. The first-order valence-electron chi connectivity index (χ1n) is 6.19. The van der Waals surface area contributed by atoms with E-state index in [4.69, 9.17) is 16.3 Å². The average Bonchev–Trinajstić information content (AvgIpc) is 2.37. The highest BCUT2D eigenvalue weighted by Crippen LogP contribution is 2.40. The van der Waals surface area contributed by atoms with Crippen LogP contribution >= 0.6 is 11.6 Å². The third-order valence-electron chi connectivity index (χ3n) is 3.45. The molecule has 0 bridgehead atoms. The van der Waals surface area contributed by atoms with Gasteiger partial charge in [-0.3, -0.25) is 9.59 Å². The fourth-order valence-electron chi connectivity index (χ4n) is 2.27. The summed E-state index contributed by atoms with van der Waals surface area (Å²) in [5.41, 5.74) is -4.40. The van der Waals surface area contributed by atoms with Crippen molar-refractivity contribution in [3.8, 4) is 0 Å². The largest absolute Gasteiger partial charge is 0.471 e. The maximum Gasteiger partial charge on any atom is 0.471 e. The van der Waals surface area contributed by atoms with E-state index in [0.717, 1.165) is 6.92 Å². The van der Waals surface area contributed by atoms with Crippen LogP contribution in [0.4, 0.5) is 26.3 Å². The lowest BCUT2D eigenvalue weighted by Crippen LogP contribution is -2.64. The van der Waals surface area contributed by atoms with Gasteiger partial charge in [0.05, 0.1) is 6.10 Å². The van der Waals surface area contributed by atoms with Crippen molar-refractivity contribution in [3.63, 3.8) is 0 Å². The molecule has 0 radical (unpaired) electrons. The van der Waals surface area contributed by atoms with E-state index in [2.05, 4.69) is 0 Å². The van der Waals surface area contributed by atoms with E-state index >= 15 is 0 Å². The molecule has 0 unspecified atom stereocenters. The van der Waals surface area contributed by atoms with Crippen molar-refractivity contribution < 1.29 is 45.8 Å². The summed E-state index contributed by atoms with van der Waals surface area (Å²) in [4.78, 5) is 22.2. The number of nitrogens with one attached hydrogen (secondary N) is 1. The minimum atomic E-state index is -5.45. The minimum Gasteiger partial charge on any atom is -0.379 e. The lowest BCUT2D eigenvalue weighted by atomic mass is 9.75. The predicted molar refractivity (Wildman–Crippen MR) is 63.4 cm³/mol. The molecule has 0 aromatic carbocycles. The molecule has 0 saturated carbocycles. The summed E-state index contributed by atoms with van der Waals surface area (Å²) in [5.74, 6) is -6.70. The number of ether oxygens (including phenoxy) is 1. The molecule has 1 rings (SSSR count). The lowest BCUT2D eigenvalue weighted by Gasteiger charge is -2.44. The molecular formula is C11H12ClF6NO4. The molecule has 4 atom stereocenters. The molecule has 1 amide bonds. The first kappa shape index (κ1) is 20.0. The van der Waals surface area contributed by atoms with E-state index in [1.165, 1.54) is 5.32 Å². The number of carbonyl (C=O) groups is 2. The molecule has 5 nitrogen and oxygen atoms in total. The van der Waals surface area contributed by atoms with Crippen molar-refractivity contribution in [1.29, 1.82) is 0 Å². The van der Waals surface area contributed by atoms with Gasteiger partial charge in [0.25, 0.3) is 5.78 Å². The predicted octanol–water partition coefficient (Wildman–Crippen LogP) is 1.52. The van der Waals surface area contributed by atoms with Gasteiger partial charge in [-0.2, -0.15) is 26.3 Å². The molecule has 134 valence electrons. The minimum absolute atomic E-state index is 0.567. The Hall–Kier alpha value is -1.07. The molecule has 0 aliphatic carbocycles. The highest BCUT2D eigenvalue weighted by Gasteiger charge is 2.61. The van der Waals surface area contributed by atoms with Gasteiger partial charge in [0.15, 0.2) is 5.60 Å². The van der Waals surface area contributed by atoms with Crippen LogP contribution in [0.1, 0.15) is 13.3 Å². The Morgan fingerprint density at radius 3 is 2.22 bits per heavy atom. The van der Waals surface area contributed by atoms with Gasteiger partial charge in [0.2, 0.25) is 0 Å². The van der Waals surface area contributed by atoms with Crippen molar-refractivity contribution in [2.75, 3.05) is 6.54 Å². The Balaban J connectivity index is 3.03. The first-order valence-corrected chi connectivity index (χ1v) is 6.62. The molecule has 2 N–H and O–H groups in total. The number of Topliss-reactive ketones (excluding diaryl/α,β-unsaturated/α-hetero) is 1. The average molecular weight is 372 g/mol. The second-order valence-electron chi connectivity index (χ2n) is 4.98. The maximum atomic E-state index is 12.6. The molecule has 1 heterocycles. The molecule has 0 aromatic rings. The van der Waals surface area contributed by atoms with Crippen molar-refractivity contribution in [1.82, 2.24) is 5.32 Å². The summed E-state index contributed by atoms with van der Waals surface area (Å²) >= 11 is 5.60. The van der Waals surface area contributed by atoms with E-state index in [1.807, 2.05) is 0 Å². The van der Waals surface area contributed by atoms with E-state index < -0.39 is 60.2 Å². The third-order valence-corrected chi connectivity index (χ3v) is 3.73. The number of aliphatic hydroxyl groups is 1. The Labute approximate surface area is 130 Å². The molecule has 0 spiro atoms. The topological polar surface area (TPSA) is 75.6 Å².